The summed E-state index contributed by atoms with van der Waals surface area (Å²) in [6.45, 7) is 0. The predicted octanol–water partition coefficient (Wildman–Crippen LogP) is 10.9. The molecule has 0 fully saturated rings. The Morgan fingerprint density at radius 1 is 0.591 bits per heavy atom. The lowest BCUT2D eigenvalue weighted by molar-refractivity contribution is 1.18. The fourth-order valence-electron chi connectivity index (χ4n) is 5.95. The van der Waals surface area contributed by atoms with Crippen molar-refractivity contribution in [3.63, 3.8) is 0 Å². The molecule has 3 nitrogen and oxygen atoms in total. The van der Waals surface area contributed by atoms with Crippen LogP contribution in [0.5, 0.6) is 0 Å². The minimum Gasteiger partial charge on any atom is -0.309 e. The summed E-state index contributed by atoms with van der Waals surface area (Å²) >= 11 is 1.65. The summed E-state index contributed by atoms with van der Waals surface area (Å²) in [4.78, 5) is 10.2. The normalized spacial score (nSPS) is 13.9. The van der Waals surface area contributed by atoms with Gasteiger partial charge in [-0.2, -0.15) is 0 Å². The van der Waals surface area contributed by atoms with Gasteiger partial charge in [0.25, 0.3) is 0 Å². The van der Waals surface area contributed by atoms with Crippen molar-refractivity contribution in [1.29, 1.82) is 0 Å². The predicted molar refractivity (Wildman–Crippen MR) is 186 cm³/mol. The van der Waals surface area contributed by atoms with E-state index in [-0.39, 0.29) is 46.6 Å². The third kappa shape index (κ3) is 3.89. The lowest BCUT2D eigenvalue weighted by Gasteiger charge is -2.10. The fraction of sp³-hybridized carbons (Fsp3) is 0. The summed E-state index contributed by atoms with van der Waals surface area (Å²) in [5, 5.41) is 1.53. The van der Waals surface area contributed by atoms with Gasteiger partial charge in [-0.3, -0.25) is 0 Å². The molecular weight excluding hydrogens is 555 g/mol. The molecule has 0 radical (unpaired) electrons. The number of benzene rings is 6. The van der Waals surface area contributed by atoms with E-state index >= 15 is 0 Å². The van der Waals surface area contributed by atoms with Crippen LogP contribution in [0.2, 0.25) is 0 Å². The van der Waals surface area contributed by atoms with E-state index < -0.39 is 12.1 Å². The highest BCUT2D eigenvalue weighted by atomic mass is 32.1. The van der Waals surface area contributed by atoms with Crippen LogP contribution in [0.1, 0.15) is 9.60 Å². The van der Waals surface area contributed by atoms with Crippen LogP contribution in [0.4, 0.5) is 0 Å². The molecule has 0 saturated heterocycles. The smallest absolute Gasteiger partial charge is 0.160 e. The van der Waals surface area contributed by atoms with Crippen LogP contribution >= 0.6 is 11.3 Å². The van der Waals surface area contributed by atoms with Gasteiger partial charge in [0, 0.05) is 37.7 Å². The minimum atomic E-state index is -0.412. The largest absolute Gasteiger partial charge is 0.309 e. The van der Waals surface area contributed by atoms with Gasteiger partial charge in [0.05, 0.1) is 36.5 Å². The zero-order valence-corrected chi connectivity index (χ0v) is 24.0. The van der Waals surface area contributed by atoms with Crippen LogP contribution in [0.25, 0.3) is 81.6 Å². The highest BCUT2D eigenvalue weighted by Gasteiger charge is 2.18. The molecule has 0 spiro atoms. The summed E-state index contributed by atoms with van der Waals surface area (Å²) in [6.07, 6.45) is 0. The van der Waals surface area contributed by atoms with Gasteiger partial charge in [-0.1, -0.05) is 115 Å². The molecule has 3 heterocycles. The zero-order chi connectivity index (χ0) is 35.1. The Morgan fingerprint density at radius 3 is 2.20 bits per heavy atom. The average molecular weight is 587 g/mol. The van der Waals surface area contributed by atoms with Crippen molar-refractivity contribution in [2.45, 2.75) is 0 Å². The minimum absolute atomic E-state index is 0.184. The number of hydrogen-bond donors (Lipinski definition) is 0. The van der Waals surface area contributed by atoms with Crippen LogP contribution in [0, 0.1) is 0 Å². The number of hydrogen-bond acceptors (Lipinski definition) is 3. The SMILES string of the molecule is [2H]c1c([2H])c([2H])c2c(c1[2H])c1c(-c3cccc(-c4nc(-c5ccccc5)c5sc6ccccc6c5n4)c3)c([2H])c([2H])c([2H])c1n2-c1ccccc1. The standard InChI is InChI=1S/C40H25N3S/c1-3-13-26(14-4-1)37-39-38(32-20-8-10-24-35(32)44-39)42-40(41-37)28-16-11-15-27(25-28)30-21-12-23-34-36(30)31-19-7-9-22-33(31)43(34)29-17-5-2-6-18-29/h1-25H/i7D,9D,12D,19D,21D,22D,23D. The van der Waals surface area contributed by atoms with E-state index in [0.29, 0.717) is 33.6 Å². The second-order valence-electron chi connectivity index (χ2n) is 10.5. The zero-order valence-electron chi connectivity index (χ0n) is 30.1. The molecular formula is C40H25N3S. The molecule has 0 aliphatic rings. The molecule has 206 valence electrons. The van der Waals surface area contributed by atoms with E-state index in [0.717, 1.165) is 31.6 Å². The Hall–Kier alpha value is -5.58. The molecule has 0 aliphatic carbocycles. The maximum absolute atomic E-state index is 9.23. The topological polar surface area (TPSA) is 30.7 Å². The van der Waals surface area contributed by atoms with Crippen LogP contribution in [-0.2, 0) is 0 Å². The molecule has 4 heteroatoms. The van der Waals surface area contributed by atoms with Crippen LogP contribution in [0.15, 0.2) is 151 Å². The van der Waals surface area contributed by atoms with Crippen LogP contribution < -0.4 is 0 Å². The number of aromatic nitrogens is 3. The quantitative estimate of drug-likeness (QED) is 0.205. The van der Waals surface area contributed by atoms with E-state index in [4.69, 9.17) is 18.2 Å². The van der Waals surface area contributed by atoms with Crippen LogP contribution in [-0.4, -0.2) is 14.5 Å². The number of fused-ring (bicyclic) bond motifs is 6. The third-order valence-electron chi connectivity index (χ3n) is 7.91. The molecule has 0 N–H and O–H groups in total. The summed E-state index contributed by atoms with van der Waals surface area (Å²) in [7, 11) is 0. The van der Waals surface area contributed by atoms with E-state index in [2.05, 4.69) is 12.1 Å². The van der Waals surface area contributed by atoms with E-state index in [1.807, 2.05) is 84.9 Å². The Labute approximate surface area is 268 Å². The molecule has 9 aromatic rings. The first-order valence-corrected chi connectivity index (χ1v) is 15.0. The van der Waals surface area contributed by atoms with E-state index in [1.54, 1.807) is 28.0 Å². The number of nitrogens with zero attached hydrogens (tertiary/aromatic N) is 3. The molecule has 9 rings (SSSR count). The highest BCUT2D eigenvalue weighted by Crippen LogP contribution is 2.41. The summed E-state index contributed by atoms with van der Waals surface area (Å²) in [6, 6.07) is 32.5. The second kappa shape index (κ2) is 10.0. The molecule has 0 bridgehead atoms. The molecule has 0 atom stereocenters. The first-order chi connectivity index (χ1) is 24.7. The van der Waals surface area contributed by atoms with Crippen LogP contribution in [0.3, 0.4) is 0 Å². The monoisotopic (exact) mass is 586 g/mol. The average Bonchev–Trinajstić information content (AvgIpc) is 3.73. The summed E-state index contributed by atoms with van der Waals surface area (Å²) < 4.78 is 66.1. The van der Waals surface area contributed by atoms with Gasteiger partial charge in [-0.05, 0) is 47.5 Å². The van der Waals surface area contributed by atoms with E-state index in [1.165, 1.54) is 0 Å². The van der Waals surface area contributed by atoms with Crippen molar-refractivity contribution in [2.24, 2.45) is 0 Å². The fourth-order valence-corrected chi connectivity index (χ4v) is 7.10. The number of para-hydroxylation sites is 2. The first-order valence-electron chi connectivity index (χ1n) is 17.7. The maximum atomic E-state index is 9.23. The van der Waals surface area contributed by atoms with Crippen molar-refractivity contribution < 1.29 is 9.60 Å². The van der Waals surface area contributed by atoms with Gasteiger partial charge in [-0.25, -0.2) is 9.97 Å². The second-order valence-corrected chi connectivity index (χ2v) is 11.5. The third-order valence-corrected chi connectivity index (χ3v) is 9.08. The van der Waals surface area contributed by atoms with Crippen molar-refractivity contribution >= 4 is 53.4 Å². The number of rotatable bonds is 4. The van der Waals surface area contributed by atoms with Gasteiger partial charge in [0.1, 0.15) is 0 Å². The van der Waals surface area contributed by atoms with Crippen molar-refractivity contribution in [3.05, 3.63) is 151 Å². The maximum Gasteiger partial charge on any atom is 0.160 e. The Kier molecular flexibility index (Phi) is 4.29. The molecule has 0 saturated carbocycles. The number of thiophene rings is 1. The lowest BCUT2D eigenvalue weighted by Crippen LogP contribution is -1.94. The van der Waals surface area contributed by atoms with Gasteiger partial charge in [-0.15, -0.1) is 11.3 Å². The molecule has 44 heavy (non-hydrogen) atoms. The van der Waals surface area contributed by atoms with Gasteiger partial charge >= 0.3 is 0 Å². The molecule has 6 aromatic carbocycles. The van der Waals surface area contributed by atoms with E-state index in [9.17, 15) is 1.37 Å². The molecule has 0 amide bonds. The van der Waals surface area contributed by atoms with Gasteiger partial charge < -0.3 is 4.57 Å². The summed E-state index contributed by atoms with van der Waals surface area (Å²) in [5.74, 6) is 0.478. The highest BCUT2D eigenvalue weighted by molar-refractivity contribution is 7.26. The Morgan fingerprint density at radius 2 is 1.32 bits per heavy atom. The van der Waals surface area contributed by atoms with Crippen molar-refractivity contribution in [3.8, 4) is 39.5 Å². The van der Waals surface area contributed by atoms with Gasteiger partial charge in [0.15, 0.2) is 5.82 Å². The molecule has 0 unspecified atom stereocenters. The summed E-state index contributed by atoms with van der Waals surface area (Å²) in [5.41, 5.74) is 5.09. The van der Waals surface area contributed by atoms with Gasteiger partial charge in [0.2, 0.25) is 0 Å². The molecule has 3 aromatic heterocycles. The van der Waals surface area contributed by atoms with Crippen molar-refractivity contribution in [1.82, 2.24) is 14.5 Å². The Bertz CT molecular complexity index is 2890. The van der Waals surface area contributed by atoms with Crippen molar-refractivity contribution in [2.75, 3.05) is 0 Å². The molecule has 0 aliphatic heterocycles. The lowest BCUT2D eigenvalue weighted by atomic mass is 9.97. The first kappa shape index (κ1) is 18.9. The Balaban J connectivity index is 1.38.